The van der Waals surface area contributed by atoms with Crippen molar-refractivity contribution in [2.75, 3.05) is 18.1 Å². The van der Waals surface area contributed by atoms with Gasteiger partial charge in [0.1, 0.15) is 0 Å². The van der Waals surface area contributed by atoms with Crippen molar-refractivity contribution in [3.8, 4) is 0 Å². The largest absolute Gasteiger partial charge is 0.403 e. The van der Waals surface area contributed by atoms with E-state index in [1.165, 1.54) is 16.4 Å². The van der Waals surface area contributed by atoms with Gasteiger partial charge < -0.3 is 8.85 Å². The average Bonchev–Trinajstić information content (AvgIpc) is 3.18. The summed E-state index contributed by atoms with van der Waals surface area (Å²) in [5.41, 5.74) is 0. The fourth-order valence-electron chi connectivity index (χ4n) is 3.10. The Labute approximate surface area is 200 Å². The molecule has 0 aromatic rings. The van der Waals surface area contributed by atoms with Gasteiger partial charge in [0, 0.05) is 18.1 Å². The Morgan fingerprint density at radius 1 is 0.839 bits per heavy atom. The summed E-state index contributed by atoms with van der Waals surface area (Å²) in [6.45, 7) is 21.9. The average molecular weight is 506 g/mol. The highest BCUT2D eigenvalue weighted by Gasteiger charge is 2.55. The van der Waals surface area contributed by atoms with Crippen molar-refractivity contribution >= 4 is 52.0 Å². The predicted octanol–water partition coefficient (Wildman–Crippen LogP) is 5.72. The van der Waals surface area contributed by atoms with Crippen LogP contribution in [0.15, 0.2) is 0 Å². The SMILES string of the molecule is CC(C)(C)[Si](C)(C)O[C@H]1C(=O)N(CCCC2SCCS2)C(=O)[C@@H]1O[Si](C)(C)C(C)(C)C. The molecule has 0 spiro atoms. The zero-order valence-electron chi connectivity index (χ0n) is 21.2. The van der Waals surface area contributed by atoms with Crippen LogP contribution >= 0.6 is 23.5 Å². The Bertz CT molecular complexity index is 621. The molecule has 2 aliphatic heterocycles. The summed E-state index contributed by atoms with van der Waals surface area (Å²) in [4.78, 5) is 28.3. The summed E-state index contributed by atoms with van der Waals surface area (Å²) in [7, 11) is -4.51. The summed E-state index contributed by atoms with van der Waals surface area (Å²) in [6.07, 6.45) is 0.214. The summed E-state index contributed by atoms with van der Waals surface area (Å²) >= 11 is 3.97. The minimum Gasteiger partial charge on any atom is -0.403 e. The first-order valence-corrected chi connectivity index (χ1v) is 19.3. The third kappa shape index (κ3) is 6.41. The van der Waals surface area contributed by atoms with Crippen LogP contribution in [-0.4, -0.2) is 68.2 Å². The molecule has 2 rings (SSSR count). The molecule has 0 aromatic heterocycles. The Balaban J connectivity index is 2.22. The van der Waals surface area contributed by atoms with Crippen molar-refractivity contribution in [1.29, 1.82) is 0 Å². The maximum atomic E-state index is 13.4. The van der Waals surface area contributed by atoms with Gasteiger partial charge in [-0.2, -0.15) is 0 Å². The summed E-state index contributed by atoms with van der Waals surface area (Å²) < 4.78 is 13.7. The zero-order valence-corrected chi connectivity index (χ0v) is 24.8. The highest BCUT2D eigenvalue weighted by molar-refractivity contribution is 8.20. The van der Waals surface area contributed by atoms with E-state index in [1.54, 1.807) is 0 Å². The summed E-state index contributed by atoms with van der Waals surface area (Å²) in [5.74, 6) is 1.99. The smallest absolute Gasteiger partial charge is 0.260 e. The molecule has 9 heteroatoms. The molecule has 0 radical (unpaired) electrons. The van der Waals surface area contributed by atoms with Crippen LogP contribution in [0.25, 0.3) is 0 Å². The number of imide groups is 1. The quantitative estimate of drug-likeness (QED) is 0.310. The zero-order chi connectivity index (χ0) is 23.8. The van der Waals surface area contributed by atoms with Crippen molar-refractivity contribution in [2.45, 2.75) is 107 Å². The third-order valence-corrected chi connectivity index (χ3v) is 19.3. The van der Waals surface area contributed by atoms with E-state index in [1.807, 2.05) is 23.5 Å². The van der Waals surface area contributed by atoms with Gasteiger partial charge in [0.2, 0.25) is 0 Å². The second-order valence-corrected chi connectivity index (χ2v) is 24.2. The second kappa shape index (κ2) is 9.82. The number of thioether (sulfide) groups is 2. The molecule has 0 bridgehead atoms. The molecule has 2 atom stereocenters. The van der Waals surface area contributed by atoms with Gasteiger partial charge in [0.05, 0.1) is 4.58 Å². The highest BCUT2D eigenvalue weighted by atomic mass is 32.2. The number of amides is 2. The van der Waals surface area contributed by atoms with Crippen LogP contribution in [0.5, 0.6) is 0 Å². The van der Waals surface area contributed by atoms with E-state index >= 15 is 0 Å². The lowest BCUT2D eigenvalue weighted by molar-refractivity contribution is -0.141. The first kappa shape index (κ1) is 27.4. The lowest BCUT2D eigenvalue weighted by Gasteiger charge is -2.41. The lowest BCUT2D eigenvalue weighted by Crippen LogP contribution is -2.52. The molecule has 2 aliphatic rings. The van der Waals surface area contributed by atoms with Crippen LogP contribution in [-0.2, 0) is 18.4 Å². The molecule has 2 saturated heterocycles. The molecular weight excluding hydrogens is 463 g/mol. The van der Waals surface area contributed by atoms with Crippen LogP contribution in [0.2, 0.25) is 36.3 Å². The number of hydrogen-bond donors (Lipinski definition) is 0. The molecule has 31 heavy (non-hydrogen) atoms. The molecule has 0 aliphatic carbocycles. The van der Waals surface area contributed by atoms with E-state index in [2.05, 4.69) is 67.7 Å². The number of carbonyl (C=O) groups excluding carboxylic acids is 2. The third-order valence-electron chi connectivity index (χ3n) is 7.26. The van der Waals surface area contributed by atoms with Gasteiger partial charge in [-0.3, -0.25) is 14.5 Å². The van der Waals surface area contributed by atoms with E-state index in [4.69, 9.17) is 8.85 Å². The van der Waals surface area contributed by atoms with Gasteiger partial charge in [0.25, 0.3) is 11.8 Å². The molecule has 180 valence electrons. The normalized spacial score (nSPS) is 24.5. The van der Waals surface area contributed by atoms with Crippen molar-refractivity contribution in [3.05, 3.63) is 0 Å². The molecule has 0 unspecified atom stereocenters. The van der Waals surface area contributed by atoms with Crippen molar-refractivity contribution in [3.63, 3.8) is 0 Å². The fourth-order valence-corrected chi connectivity index (χ4v) is 8.45. The Kier molecular flexibility index (Phi) is 8.69. The van der Waals surface area contributed by atoms with E-state index in [0.29, 0.717) is 11.1 Å². The maximum absolute atomic E-state index is 13.4. The van der Waals surface area contributed by atoms with E-state index < -0.39 is 28.8 Å². The molecule has 0 N–H and O–H groups in total. The molecule has 2 fully saturated rings. The van der Waals surface area contributed by atoms with Crippen LogP contribution in [0.4, 0.5) is 0 Å². The number of rotatable bonds is 8. The molecular formula is C22H43NO4S2Si2. The van der Waals surface area contributed by atoms with Gasteiger partial charge in [-0.1, -0.05) is 41.5 Å². The summed E-state index contributed by atoms with van der Waals surface area (Å²) in [5, 5.41) is -0.107. The molecule has 0 aromatic carbocycles. The number of nitrogens with zero attached hydrogens (tertiary/aromatic N) is 1. The van der Waals surface area contributed by atoms with Gasteiger partial charge in [-0.15, -0.1) is 23.5 Å². The van der Waals surface area contributed by atoms with Crippen LogP contribution in [0.1, 0.15) is 54.4 Å². The van der Waals surface area contributed by atoms with Gasteiger partial charge >= 0.3 is 0 Å². The minimum atomic E-state index is -2.26. The number of likely N-dealkylation sites (tertiary alicyclic amines) is 1. The molecule has 5 nitrogen and oxygen atoms in total. The van der Waals surface area contributed by atoms with Crippen molar-refractivity contribution < 1.29 is 18.4 Å². The Morgan fingerprint density at radius 3 is 1.58 bits per heavy atom. The molecule has 2 heterocycles. The minimum absolute atomic E-state index is 0.0534. The number of carbonyl (C=O) groups is 2. The monoisotopic (exact) mass is 505 g/mol. The number of hydrogen-bond acceptors (Lipinski definition) is 6. The van der Waals surface area contributed by atoms with Crippen LogP contribution < -0.4 is 0 Å². The summed E-state index contributed by atoms with van der Waals surface area (Å²) in [6, 6.07) is 0. The van der Waals surface area contributed by atoms with E-state index in [9.17, 15) is 9.59 Å². The standard InChI is InChI=1S/C22H43NO4S2Si2/c1-21(2,3)30(7,8)26-17-18(27-31(9,10)22(4,5)6)20(25)23(19(17)24)13-11-12-16-28-14-15-29-16/h16-18H,11-15H2,1-10H3/t17-,18-/m1/s1. The topological polar surface area (TPSA) is 55.8 Å². The predicted molar refractivity (Wildman–Crippen MR) is 139 cm³/mol. The first-order valence-electron chi connectivity index (χ1n) is 11.4. The fraction of sp³-hybridized carbons (Fsp3) is 0.909. The van der Waals surface area contributed by atoms with Crippen molar-refractivity contribution in [2.24, 2.45) is 0 Å². The van der Waals surface area contributed by atoms with Gasteiger partial charge in [-0.05, 0) is 49.1 Å². The van der Waals surface area contributed by atoms with Crippen LogP contribution in [0, 0.1) is 0 Å². The van der Waals surface area contributed by atoms with E-state index in [0.717, 1.165) is 12.8 Å². The van der Waals surface area contributed by atoms with E-state index in [-0.39, 0.29) is 21.9 Å². The Hall–Kier alpha value is 0.194. The maximum Gasteiger partial charge on any atom is 0.260 e. The Morgan fingerprint density at radius 2 is 1.23 bits per heavy atom. The lowest BCUT2D eigenvalue weighted by atomic mass is 10.2. The highest BCUT2D eigenvalue weighted by Crippen LogP contribution is 2.42. The van der Waals surface area contributed by atoms with Crippen molar-refractivity contribution in [1.82, 2.24) is 4.90 Å². The molecule has 0 saturated carbocycles. The molecule has 2 amide bonds. The van der Waals surface area contributed by atoms with Gasteiger partial charge in [-0.25, -0.2) is 0 Å². The second-order valence-electron chi connectivity index (χ2n) is 11.7. The van der Waals surface area contributed by atoms with Crippen LogP contribution in [0.3, 0.4) is 0 Å². The van der Waals surface area contributed by atoms with Gasteiger partial charge in [0.15, 0.2) is 28.8 Å². The first-order chi connectivity index (χ1) is 14.0.